The van der Waals surface area contributed by atoms with Gasteiger partial charge in [-0.05, 0) is 11.1 Å². The molecule has 0 saturated carbocycles. The number of carbonyl (C=O) groups is 1. The fourth-order valence-electron chi connectivity index (χ4n) is 3.93. The van der Waals surface area contributed by atoms with Gasteiger partial charge >= 0.3 is 0 Å². The van der Waals surface area contributed by atoms with Crippen LogP contribution in [0.4, 0.5) is 0 Å². The van der Waals surface area contributed by atoms with Gasteiger partial charge in [0, 0.05) is 38.3 Å². The minimum atomic E-state index is -0.402. The van der Waals surface area contributed by atoms with E-state index < -0.39 is 11.1 Å². The lowest BCUT2D eigenvalue weighted by Crippen LogP contribution is -2.51. The van der Waals surface area contributed by atoms with E-state index in [2.05, 4.69) is 34.3 Å². The zero-order chi connectivity index (χ0) is 20.9. The molecule has 0 atom stereocenters. The van der Waals surface area contributed by atoms with Gasteiger partial charge in [0.1, 0.15) is 6.54 Å². The van der Waals surface area contributed by atoms with Crippen molar-refractivity contribution < 1.29 is 4.79 Å². The van der Waals surface area contributed by atoms with Gasteiger partial charge in [0.15, 0.2) is 0 Å². The maximum absolute atomic E-state index is 12.7. The summed E-state index contributed by atoms with van der Waals surface area (Å²) < 4.78 is 1.06. The molecular weight excluding hydrogens is 380 g/mol. The Kier molecular flexibility index (Phi) is 5.90. The van der Waals surface area contributed by atoms with E-state index in [1.807, 2.05) is 36.4 Å². The lowest BCUT2D eigenvalue weighted by atomic mass is 9.96. The van der Waals surface area contributed by atoms with Gasteiger partial charge in [0.25, 0.3) is 11.1 Å². The normalized spacial score (nSPS) is 14.8. The first-order chi connectivity index (χ1) is 14.6. The molecule has 0 radical (unpaired) electrons. The zero-order valence-corrected chi connectivity index (χ0v) is 16.6. The van der Waals surface area contributed by atoms with E-state index in [-0.39, 0.29) is 18.5 Å². The Morgan fingerprint density at radius 3 is 1.93 bits per heavy atom. The summed E-state index contributed by atoms with van der Waals surface area (Å²) in [6.45, 7) is 2.43. The van der Waals surface area contributed by atoms with E-state index in [9.17, 15) is 14.4 Å². The lowest BCUT2D eigenvalue weighted by molar-refractivity contribution is -0.134. The van der Waals surface area contributed by atoms with Crippen molar-refractivity contribution in [3.8, 4) is 0 Å². The molecule has 2 aromatic carbocycles. The maximum atomic E-state index is 12.7. The summed E-state index contributed by atoms with van der Waals surface area (Å²) in [5, 5.41) is 2.41. The monoisotopic (exact) mass is 404 g/mol. The molecule has 3 aromatic rings. The maximum Gasteiger partial charge on any atom is 0.265 e. The van der Waals surface area contributed by atoms with Crippen LogP contribution in [0.25, 0.3) is 0 Å². The van der Waals surface area contributed by atoms with Gasteiger partial charge < -0.3 is 4.90 Å². The largest absolute Gasteiger partial charge is 0.339 e. The van der Waals surface area contributed by atoms with Gasteiger partial charge in [-0.2, -0.15) is 0 Å². The third-order valence-corrected chi connectivity index (χ3v) is 5.44. The SMILES string of the molecule is O=C(Cn1[nH]c(=O)ccc1=O)N1CCN(C(c2ccccc2)c2ccccc2)CC1. The van der Waals surface area contributed by atoms with Crippen LogP contribution in [-0.2, 0) is 11.3 Å². The average Bonchev–Trinajstić information content (AvgIpc) is 2.78. The quantitative estimate of drug-likeness (QED) is 0.699. The molecule has 1 amide bonds. The smallest absolute Gasteiger partial charge is 0.265 e. The van der Waals surface area contributed by atoms with Gasteiger partial charge in [0.05, 0.1) is 6.04 Å². The van der Waals surface area contributed by atoms with Crippen LogP contribution in [0.1, 0.15) is 17.2 Å². The van der Waals surface area contributed by atoms with Crippen LogP contribution in [0.5, 0.6) is 0 Å². The molecule has 0 bridgehead atoms. The number of amides is 1. The summed E-state index contributed by atoms with van der Waals surface area (Å²) in [7, 11) is 0. The average molecular weight is 404 g/mol. The van der Waals surface area contributed by atoms with Crippen molar-refractivity contribution >= 4 is 5.91 Å². The van der Waals surface area contributed by atoms with E-state index in [1.54, 1.807) is 4.90 Å². The number of aromatic amines is 1. The Labute approximate surface area is 174 Å². The Morgan fingerprint density at radius 1 is 0.800 bits per heavy atom. The first kappa shape index (κ1) is 19.8. The lowest BCUT2D eigenvalue weighted by Gasteiger charge is -2.39. The third-order valence-electron chi connectivity index (χ3n) is 5.44. The molecule has 1 fully saturated rings. The molecule has 0 unspecified atom stereocenters. The topological polar surface area (TPSA) is 78.4 Å². The van der Waals surface area contributed by atoms with Gasteiger partial charge in [-0.1, -0.05) is 60.7 Å². The molecule has 154 valence electrons. The Bertz CT molecular complexity index is 1060. The van der Waals surface area contributed by atoms with Crippen LogP contribution < -0.4 is 11.1 Å². The van der Waals surface area contributed by atoms with Crippen LogP contribution in [0.15, 0.2) is 82.4 Å². The minimum absolute atomic E-state index is 0.123. The Balaban J connectivity index is 1.47. The van der Waals surface area contributed by atoms with Crippen molar-refractivity contribution in [3.05, 3.63) is 105 Å². The number of aromatic nitrogens is 2. The summed E-state index contributed by atoms with van der Waals surface area (Å²) in [6.07, 6.45) is 0. The van der Waals surface area contributed by atoms with Crippen LogP contribution in [0.2, 0.25) is 0 Å². The first-order valence-electron chi connectivity index (χ1n) is 10.0. The molecule has 1 saturated heterocycles. The van der Waals surface area contributed by atoms with Gasteiger partial charge in [-0.3, -0.25) is 24.4 Å². The van der Waals surface area contributed by atoms with E-state index >= 15 is 0 Å². The summed E-state index contributed by atoms with van der Waals surface area (Å²) in [5.41, 5.74) is 1.64. The van der Waals surface area contributed by atoms with Crippen LogP contribution in [0, 0.1) is 0 Å². The van der Waals surface area contributed by atoms with Gasteiger partial charge in [-0.25, -0.2) is 4.68 Å². The first-order valence-corrected chi connectivity index (χ1v) is 10.0. The number of nitrogens with zero attached hydrogens (tertiary/aromatic N) is 3. The molecule has 30 heavy (non-hydrogen) atoms. The van der Waals surface area contributed by atoms with Crippen LogP contribution in [-0.4, -0.2) is 51.7 Å². The van der Waals surface area contributed by atoms with E-state index in [1.165, 1.54) is 17.2 Å². The van der Waals surface area contributed by atoms with Crippen LogP contribution >= 0.6 is 0 Å². The number of H-pyrrole nitrogens is 1. The summed E-state index contributed by atoms with van der Waals surface area (Å²) in [5.74, 6) is -0.172. The number of piperazine rings is 1. The zero-order valence-electron chi connectivity index (χ0n) is 16.6. The van der Waals surface area contributed by atoms with E-state index in [0.717, 1.165) is 23.8 Å². The number of hydrogen-bond acceptors (Lipinski definition) is 4. The van der Waals surface area contributed by atoms with Crippen molar-refractivity contribution in [1.82, 2.24) is 19.6 Å². The second kappa shape index (κ2) is 8.92. The van der Waals surface area contributed by atoms with Gasteiger partial charge in [0.2, 0.25) is 5.91 Å². The van der Waals surface area contributed by atoms with Crippen LogP contribution in [0.3, 0.4) is 0 Å². The molecule has 4 rings (SSSR count). The van der Waals surface area contributed by atoms with Crippen molar-refractivity contribution in [2.45, 2.75) is 12.6 Å². The fourth-order valence-corrected chi connectivity index (χ4v) is 3.93. The van der Waals surface area contributed by atoms with Crippen molar-refractivity contribution in [3.63, 3.8) is 0 Å². The van der Waals surface area contributed by atoms with E-state index in [0.29, 0.717) is 13.1 Å². The van der Waals surface area contributed by atoms with Crippen molar-refractivity contribution in [2.75, 3.05) is 26.2 Å². The molecule has 1 aliphatic rings. The Morgan fingerprint density at radius 2 is 1.37 bits per heavy atom. The molecule has 1 aliphatic heterocycles. The molecule has 1 N–H and O–H groups in total. The standard InChI is InChI=1S/C23H24N4O3/c28-20-11-12-21(29)27(24-20)17-22(30)25-13-15-26(16-14-25)23(18-7-3-1-4-8-18)19-9-5-2-6-10-19/h1-12,23H,13-17H2,(H,24,28). The highest BCUT2D eigenvalue weighted by Crippen LogP contribution is 2.29. The molecule has 1 aromatic heterocycles. The second-order valence-corrected chi connectivity index (χ2v) is 7.37. The molecule has 0 spiro atoms. The molecule has 7 heteroatoms. The highest BCUT2D eigenvalue weighted by atomic mass is 16.2. The molecule has 0 aliphatic carbocycles. The number of benzene rings is 2. The summed E-state index contributed by atoms with van der Waals surface area (Å²) >= 11 is 0. The third kappa shape index (κ3) is 4.41. The van der Waals surface area contributed by atoms with E-state index in [4.69, 9.17) is 0 Å². The fraction of sp³-hybridized carbons (Fsp3) is 0.261. The van der Waals surface area contributed by atoms with Crippen molar-refractivity contribution in [1.29, 1.82) is 0 Å². The number of rotatable bonds is 5. The summed E-state index contributed by atoms with van der Waals surface area (Å²) in [4.78, 5) is 40.1. The molecule has 2 heterocycles. The highest BCUT2D eigenvalue weighted by Gasteiger charge is 2.28. The van der Waals surface area contributed by atoms with Gasteiger partial charge in [-0.15, -0.1) is 0 Å². The predicted molar refractivity (Wildman–Crippen MR) is 114 cm³/mol. The molecular formula is C23H24N4O3. The van der Waals surface area contributed by atoms with Crippen molar-refractivity contribution in [2.24, 2.45) is 0 Å². The number of nitrogens with one attached hydrogen (secondary N) is 1. The number of hydrogen-bond donors (Lipinski definition) is 1. The minimum Gasteiger partial charge on any atom is -0.339 e. The highest BCUT2D eigenvalue weighted by molar-refractivity contribution is 5.76. The summed E-state index contributed by atoms with van der Waals surface area (Å²) in [6, 6.07) is 23.2. The number of carbonyl (C=O) groups excluding carboxylic acids is 1. The Hall–Kier alpha value is -3.45. The predicted octanol–water partition coefficient (Wildman–Crippen LogP) is 1.47. The second-order valence-electron chi connectivity index (χ2n) is 7.37. The molecule has 7 nitrogen and oxygen atoms in total.